The Balaban J connectivity index is 1.48. The van der Waals surface area contributed by atoms with Crippen LogP contribution in [-0.4, -0.2) is 129 Å². The maximum Gasteiger partial charge on any atom is 0.481 e. The number of nitrogens with two attached hydrogens (primary N) is 1. The van der Waals surface area contributed by atoms with E-state index in [1.54, 1.807) is 0 Å². The zero-order valence-corrected chi connectivity index (χ0v) is 34.0. The smallest absolute Gasteiger partial charge is 0.481 e. The molecule has 0 spiro atoms. The Hall–Kier alpha value is -2.88. The number of aromatic nitrogens is 4. The van der Waals surface area contributed by atoms with Crippen LogP contribution in [0.4, 0.5) is 5.82 Å². The molecule has 2 amide bonds. The number of rotatable bonds is 22. The number of aliphatic carboxylic acids is 1. The van der Waals surface area contributed by atoms with Crippen molar-refractivity contribution < 1.29 is 90.4 Å². The number of carbonyl (C=O) groups excluding carboxylic acids is 4. The minimum atomic E-state index is -5.60. The van der Waals surface area contributed by atoms with E-state index in [-0.39, 0.29) is 47.2 Å². The summed E-state index contributed by atoms with van der Waals surface area (Å²) in [5.41, 5.74) is 4.18. The molecule has 0 radical (unpaired) electrons. The van der Waals surface area contributed by atoms with Crippen LogP contribution in [0.3, 0.4) is 0 Å². The van der Waals surface area contributed by atoms with Gasteiger partial charge in [-0.3, -0.25) is 32.5 Å². The average Bonchev–Trinajstić information content (AvgIpc) is 3.66. The van der Waals surface area contributed by atoms with Crippen molar-refractivity contribution in [2.75, 3.05) is 37.8 Å². The number of nitrogens with one attached hydrogen (secondary N) is 2. The first kappa shape index (κ1) is 48.5. The van der Waals surface area contributed by atoms with Crippen molar-refractivity contribution in [1.82, 2.24) is 30.2 Å². The zero-order chi connectivity index (χ0) is 42.9. The fourth-order valence-corrected chi connectivity index (χ4v) is 8.35. The minimum Gasteiger partial charge on any atom is -0.550 e. The van der Waals surface area contributed by atoms with E-state index < -0.39 is 102 Å². The Labute approximate surface area is 331 Å². The number of phosphoric acid groups is 3. The molecule has 2 aromatic rings. The van der Waals surface area contributed by atoms with E-state index in [2.05, 4.69) is 47.0 Å². The summed E-state index contributed by atoms with van der Waals surface area (Å²) < 4.78 is 61.9. The molecule has 1 fully saturated rings. The number of thioether (sulfide) groups is 1. The average molecular weight is 911 g/mol. The van der Waals surface area contributed by atoms with Crippen LogP contribution in [0.1, 0.15) is 32.9 Å². The lowest BCUT2D eigenvalue weighted by Gasteiger charge is -2.30. The summed E-state index contributed by atoms with van der Waals surface area (Å²) in [7, 11) is -16.5. The molecule has 1 saturated heterocycles. The van der Waals surface area contributed by atoms with Crippen LogP contribution >= 0.6 is 47.9 Å². The van der Waals surface area contributed by atoms with Gasteiger partial charge in [-0.2, -0.15) is 4.31 Å². The highest BCUT2D eigenvalue weighted by atomic mass is 32.2. The van der Waals surface area contributed by atoms with Gasteiger partial charge in [0.15, 0.2) is 17.7 Å². The predicted octanol–water partition coefficient (Wildman–Crippen LogP) is -2.38. The van der Waals surface area contributed by atoms with Crippen molar-refractivity contribution >= 4 is 87.7 Å². The number of phosphoric ester groups is 3. The number of nitrogens with zero attached hydrogens (tertiary/aromatic N) is 4. The van der Waals surface area contributed by atoms with Gasteiger partial charge >= 0.3 is 23.5 Å². The van der Waals surface area contributed by atoms with Crippen molar-refractivity contribution in [1.29, 1.82) is 0 Å². The first-order chi connectivity index (χ1) is 26.3. The number of amides is 2. The third-order valence-corrected chi connectivity index (χ3v) is 11.9. The third-order valence-electron chi connectivity index (χ3n) is 7.41. The molecule has 1 aliphatic heterocycles. The van der Waals surface area contributed by atoms with Crippen LogP contribution in [0.15, 0.2) is 23.6 Å². The van der Waals surface area contributed by atoms with E-state index in [0.29, 0.717) is 0 Å². The molecule has 3 heterocycles. The number of hydrogen-bond acceptors (Lipinski definition) is 21. The number of carboxylic acids is 1. The van der Waals surface area contributed by atoms with Crippen molar-refractivity contribution in [2.45, 2.75) is 57.3 Å². The molecule has 7 unspecified atom stereocenters. The molecular formula is C26H39N7O19P3S2-. The number of thiol groups is 1. The molecule has 0 aliphatic carbocycles. The molecule has 320 valence electrons. The standard InChI is InChI=1S/C26H40N7O19P3S2/c1-26(2,20(38)23(39)29-6-5-15(34)28-7-8-57-25(40)14(56)3-4-16(35)36)10-49-55(46,47)52-54(44,45)48-9-13-19(51-53(41,42)43)18(37)24(50-13)33-12-32-17-21(27)30-11-31-22(17)33/h3,11-13,18-20,24,37-38,56H,4-10H2,1-2H3,(H,28,34)(H,29,39)(H,35,36)(H,44,45)(H,46,47)(H2,27,30,31)(H2,41,42,43)/p-1/b14-3-. The van der Waals surface area contributed by atoms with Gasteiger partial charge < -0.3 is 60.8 Å². The molecule has 3 rings (SSSR count). The summed E-state index contributed by atoms with van der Waals surface area (Å²) in [5, 5.41) is 36.1. The van der Waals surface area contributed by atoms with Gasteiger partial charge in [0.2, 0.25) is 16.9 Å². The summed E-state index contributed by atoms with van der Waals surface area (Å²) >= 11 is 4.66. The van der Waals surface area contributed by atoms with Gasteiger partial charge in [0.1, 0.15) is 36.3 Å². The first-order valence-electron chi connectivity index (χ1n) is 16.0. The van der Waals surface area contributed by atoms with Gasteiger partial charge in [-0.1, -0.05) is 31.7 Å². The number of aliphatic hydroxyl groups excluding tert-OH is 2. The molecule has 26 nitrogen and oxygen atoms in total. The number of fused-ring (bicyclic) bond motifs is 1. The number of hydrogen-bond donors (Lipinski definition) is 10. The highest BCUT2D eigenvalue weighted by molar-refractivity contribution is 8.15. The predicted molar refractivity (Wildman–Crippen MR) is 194 cm³/mol. The lowest BCUT2D eigenvalue weighted by molar-refractivity contribution is -0.304. The molecule has 7 atom stereocenters. The molecule has 10 N–H and O–H groups in total. The number of aliphatic hydroxyl groups is 2. The lowest BCUT2D eigenvalue weighted by atomic mass is 9.87. The number of nitrogen functional groups attached to an aromatic ring is 1. The number of anilines is 1. The van der Waals surface area contributed by atoms with Crippen LogP contribution in [0.5, 0.6) is 0 Å². The van der Waals surface area contributed by atoms with Gasteiger partial charge in [0, 0.05) is 43.1 Å². The number of carbonyl (C=O) groups is 4. The molecule has 57 heavy (non-hydrogen) atoms. The van der Waals surface area contributed by atoms with Crippen molar-refractivity contribution in [3.8, 4) is 0 Å². The van der Waals surface area contributed by atoms with Crippen molar-refractivity contribution in [3.05, 3.63) is 23.6 Å². The summed E-state index contributed by atoms with van der Waals surface area (Å²) in [6.45, 7) is 0.118. The Kier molecular flexibility index (Phi) is 17.3. The van der Waals surface area contributed by atoms with Gasteiger partial charge in [0.05, 0.1) is 24.4 Å². The fraction of sp³-hybridized carbons (Fsp3) is 0.577. The maximum absolute atomic E-state index is 12.7. The quantitative estimate of drug-likeness (QED) is 0.0255. The van der Waals surface area contributed by atoms with E-state index >= 15 is 0 Å². The topological polar surface area (TPSA) is 404 Å². The van der Waals surface area contributed by atoms with Gasteiger partial charge in [-0.15, -0.1) is 12.6 Å². The van der Waals surface area contributed by atoms with Crippen molar-refractivity contribution in [3.63, 3.8) is 0 Å². The lowest BCUT2D eigenvalue weighted by Crippen LogP contribution is -2.46. The van der Waals surface area contributed by atoms with Gasteiger partial charge in [0.25, 0.3) is 0 Å². The Morgan fingerprint density at radius 3 is 2.42 bits per heavy atom. The number of imidazole rings is 1. The van der Waals surface area contributed by atoms with E-state index in [9.17, 15) is 67.8 Å². The fourth-order valence-electron chi connectivity index (χ4n) is 4.61. The van der Waals surface area contributed by atoms with Crippen LogP contribution in [-0.2, 0) is 55.5 Å². The Bertz CT molecular complexity index is 1970. The van der Waals surface area contributed by atoms with Crippen LogP contribution in [0.2, 0.25) is 0 Å². The molecule has 2 aromatic heterocycles. The zero-order valence-electron chi connectivity index (χ0n) is 29.6. The molecule has 31 heteroatoms. The maximum atomic E-state index is 12.7. The SMILES string of the molecule is CC(C)(COP(=O)(O)OP(=O)(O)OCC1OC(n2cnc3c(N)ncnc32)C(O)C1OP(=O)(O)O)C(O)C(=O)NCCC(=O)NCCSC(=O)/C(S)=C/CC(=O)[O-]. The van der Waals surface area contributed by atoms with E-state index in [0.717, 1.165) is 35.1 Å². The summed E-state index contributed by atoms with van der Waals surface area (Å²) in [4.78, 5) is 97.7. The second-order valence-electron chi connectivity index (χ2n) is 12.4. The van der Waals surface area contributed by atoms with Gasteiger partial charge in [-0.05, 0) is 0 Å². The summed E-state index contributed by atoms with van der Waals surface area (Å²) in [5.74, 6) is -2.89. The van der Waals surface area contributed by atoms with Gasteiger partial charge in [-0.25, -0.2) is 28.6 Å². The Morgan fingerprint density at radius 1 is 1.11 bits per heavy atom. The van der Waals surface area contributed by atoms with Crippen LogP contribution in [0, 0.1) is 5.41 Å². The highest BCUT2D eigenvalue weighted by Crippen LogP contribution is 2.61. The third kappa shape index (κ3) is 15.0. The Morgan fingerprint density at radius 2 is 1.77 bits per heavy atom. The number of ether oxygens (including phenoxy) is 1. The molecule has 0 aromatic carbocycles. The summed E-state index contributed by atoms with van der Waals surface area (Å²) in [6.07, 6.45) is -6.57. The van der Waals surface area contributed by atoms with E-state index in [1.807, 2.05) is 0 Å². The largest absolute Gasteiger partial charge is 0.550 e. The van der Waals surface area contributed by atoms with Crippen LogP contribution in [0.25, 0.3) is 11.2 Å². The second kappa shape index (κ2) is 20.4. The van der Waals surface area contributed by atoms with E-state index in [4.69, 9.17) is 19.5 Å². The number of carboxylic acid groups (broad SMARTS) is 1. The normalized spacial score (nSPS) is 21.7. The van der Waals surface area contributed by atoms with E-state index in [1.165, 1.54) is 13.8 Å². The molecule has 0 saturated carbocycles. The molecule has 0 bridgehead atoms. The summed E-state index contributed by atoms with van der Waals surface area (Å²) in [6, 6.07) is 0. The first-order valence-corrected chi connectivity index (χ1v) is 21.9. The monoisotopic (exact) mass is 910 g/mol. The molecule has 1 aliphatic rings. The molecular weight excluding hydrogens is 871 g/mol. The van der Waals surface area contributed by atoms with Crippen LogP contribution < -0.4 is 21.5 Å². The highest BCUT2D eigenvalue weighted by Gasteiger charge is 2.50. The van der Waals surface area contributed by atoms with Crippen molar-refractivity contribution in [2.24, 2.45) is 5.41 Å². The second-order valence-corrected chi connectivity index (χ2v) is 18.2. The minimum absolute atomic E-state index is 0.0163.